The van der Waals surface area contributed by atoms with Crippen LogP contribution in [0.15, 0.2) is 29.2 Å². The molecule has 0 spiro atoms. The number of aryl methyl sites for hydroxylation is 2. The first-order chi connectivity index (χ1) is 11.4. The topological polar surface area (TPSA) is 63.6 Å². The molecule has 0 unspecified atom stereocenters. The molecule has 5 nitrogen and oxygen atoms in total. The Labute approximate surface area is 145 Å². The van der Waals surface area contributed by atoms with Crippen LogP contribution in [0.2, 0.25) is 0 Å². The molecule has 0 fully saturated rings. The number of fused-ring (bicyclic) bond motifs is 1. The van der Waals surface area contributed by atoms with E-state index in [4.69, 9.17) is 11.6 Å². The molecule has 0 radical (unpaired) electrons. The Morgan fingerprint density at radius 2 is 2.08 bits per heavy atom. The van der Waals surface area contributed by atoms with Gasteiger partial charge in [-0.3, -0.25) is 9.48 Å². The molecule has 3 aromatic rings. The fraction of sp³-hybridized carbons (Fsp3) is 0.278. The Hall–Kier alpha value is -2.40. The maximum absolute atomic E-state index is 12.3. The lowest BCUT2D eigenvalue weighted by Gasteiger charge is -2.04. The fourth-order valence-corrected chi connectivity index (χ4v) is 2.73. The summed E-state index contributed by atoms with van der Waals surface area (Å²) in [5.41, 5.74) is 3.19. The third-order valence-electron chi connectivity index (χ3n) is 3.93. The molecule has 3 rings (SSSR count). The lowest BCUT2D eigenvalue weighted by atomic mass is 10.1. The third kappa shape index (κ3) is 2.99. The van der Waals surface area contributed by atoms with E-state index in [-0.39, 0.29) is 11.6 Å². The molecule has 0 saturated heterocycles. The van der Waals surface area contributed by atoms with Gasteiger partial charge in [-0.05, 0) is 45.4 Å². The molecule has 0 aliphatic heterocycles. The van der Waals surface area contributed by atoms with Crippen molar-refractivity contribution in [1.82, 2.24) is 19.7 Å². The highest BCUT2D eigenvalue weighted by molar-refractivity contribution is 6.50. The van der Waals surface area contributed by atoms with E-state index in [1.165, 1.54) is 0 Å². The Bertz CT molecular complexity index is 998. The van der Waals surface area contributed by atoms with Crippen molar-refractivity contribution in [2.75, 3.05) is 0 Å². The highest BCUT2D eigenvalue weighted by Crippen LogP contribution is 2.22. The number of benzene rings is 1. The lowest BCUT2D eigenvalue weighted by Crippen LogP contribution is -2.11. The van der Waals surface area contributed by atoms with Gasteiger partial charge in [-0.2, -0.15) is 5.10 Å². The zero-order chi connectivity index (χ0) is 17.4. The summed E-state index contributed by atoms with van der Waals surface area (Å²) in [6.45, 7) is 7.97. The maximum atomic E-state index is 12.3. The first kappa shape index (κ1) is 16.5. The molecule has 2 aromatic heterocycles. The highest BCUT2D eigenvalue weighted by atomic mass is 35.5. The summed E-state index contributed by atoms with van der Waals surface area (Å²) >= 11 is 6.42. The summed E-state index contributed by atoms with van der Waals surface area (Å²) in [4.78, 5) is 19.5. The van der Waals surface area contributed by atoms with Crippen molar-refractivity contribution in [3.63, 3.8) is 0 Å². The van der Waals surface area contributed by atoms with Crippen molar-refractivity contribution in [1.29, 1.82) is 0 Å². The summed E-state index contributed by atoms with van der Waals surface area (Å²) in [6, 6.07) is 5.79. The standard InChI is InChI=1S/C18H19ClN4O/c1-10(2)23-9-13(12(4)22-23)8-15(19)17-20-16-11(3)6-5-7-14(16)18(24)21-17/h5-10H,1-4H3,(H,20,21,24)/b15-8-. The van der Waals surface area contributed by atoms with Gasteiger partial charge in [0.25, 0.3) is 5.56 Å². The number of para-hydroxylation sites is 1. The number of hydrogen-bond donors (Lipinski definition) is 1. The number of H-pyrrole nitrogens is 1. The smallest absolute Gasteiger partial charge is 0.259 e. The number of aromatic nitrogens is 4. The summed E-state index contributed by atoms with van der Waals surface area (Å²) in [7, 11) is 0. The second-order valence-electron chi connectivity index (χ2n) is 6.12. The maximum Gasteiger partial charge on any atom is 0.259 e. The van der Waals surface area contributed by atoms with E-state index >= 15 is 0 Å². The molecule has 124 valence electrons. The van der Waals surface area contributed by atoms with Gasteiger partial charge in [0.05, 0.1) is 21.6 Å². The van der Waals surface area contributed by atoms with Crippen LogP contribution in [0.25, 0.3) is 22.0 Å². The molecule has 24 heavy (non-hydrogen) atoms. The van der Waals surface area contributed by atoms with E-state index in [1.54, 1.807) is 12.1 Å². The number of halogens is 1. The van der Waals surface area contributed by atoms with Crippen molar-refractivity contribution in [2.45, 2.75) is 33.7 Å². The van der Waals surface area contributed by atoms with E-state index in [0.717, 1.165) is 16.8 Å². The summed E-state index contributed by atoms with van der Waals surface area (Å²) in [6.07, 6.45) is 3.72. The van der Waals surface area contributed by atoms with E-state index < -0.39 is 0 Å². The van der Waals surface area contributed by atoms with Crippen molar-refractivity contribution >= 4 is 33.6 Å². The monoisotopic (exact) mass is 342 g/mol. The second kappa shape index (κ2) is 6.24. The lowest BCUT2D eigenvalue weighted by molar-refractivity contribution is 0.529. The molecule has 6 heteroatoms. The van der Waals surface area contributed by atoms with Crippen molar-refractivity contribution in [3.8, 4) is 0 Å². The minimum absolute atomic E-state index is 0.195. The second-order valence-corrected chi connectivity index (χ2v) is 6.53. The van der Waals surface area contributed by atoms with Crippen LogP contribution in [-0.4, -0.2) is 19.7 Å². The molecule has 0 amide bonds. The Kier molecular flexibility index (Phi) is 4.28. The third-order valence-corrected chi connectivity index (χ3v) is 4.22. The number of nitrogens with one attached hydrogen (secondary N) is 1. The van der Waals surface area contributed by atoms with Crippen LogP contribution in [-0.2, 0) is 0 Å². The molecule has 0 aliphatic rings. The Morgan fingerprint density at radius 1 is 1.33 bits per heavy atom. The average Bonchev–Trinajstić information content (AvgIpc) is 2.89. The van der Waals surface area contributed by atoms with E-state index in [2.05, 4.69) is 28.9 Å². The fourth-order valence-electron chi connectivity index (χ4n) is 2.53. The number of rotatable bonds is 3. The van der Waals surface area contributed by atoms with E-state index in [1.807, 2.05) is 36.9 Å². The van der Waals surface area contributed by atoms with Crippen molar-refractivity contribution < 1.29 is 0 Å². The van der Waals surface area contributed by atoms with Crippen molar-refractivity contribution in [2.24, 2.45) is 0 Å². The van der Waals surface area contributed by atoms with Gasteiger partial charge in [-0.15, -0.1) is 0 Å². The molecule has 2 heterocycles. The van der Waals surface area contributed by atoms with Gasteiger partial charge in [0, 0.05) is 17.8 Å². The van der Waals surface area contributed by atoms with Gasteiger partial charge in [-0.1, -0.05) is 23.7 Å². The minimum atomic E-state index is -0.195. The zero-order valence-corrected chi connectivity index (χ0v) is 14.8. The van der Waals surface area contributed by atoms with Gasteiger partial charge in [0.15, 0.2) is 5.82 Å². The molecule has 1 N–H and O–H groups in total. The van der Waals surface area contributed by atoms with Gasteiger partial charge in [0.2, 0.25) is 0 Å². The molecular formula is C18H19ClN4O. The minimum Gasteiger partial charge on any atom is -0.305 e. The van der Waals surface area contributed by atoms with Gasteiger partial charge >= 0.3 is 0 Å². The van der Waals surface area contributed by atoms with Crippen LogP contribution >= 0.6 is 11.6 Å². The largest absolute Gasteiger partial charge is 0.305 e. The van der Waals surface area contributed by atoms with Gasteiger partial charge < -0.3 is 4.98 Å². The van der Waals surface area contributed by atoms with Gasteiger partial charge in [0.1, 0.15) is 0 Å². The van der Waals surface area contributed by atoms with Crippen molar-refractivity contribution in [3.05, 3.63) is 57.4 Å². The molecule has 0 aliphatic carbocycles. The molecule has 1 aromatic carbocycles. The quantitative estimate of drug-likeness (QED) is 0.780. The summed E-state index contributed by atoms with van der Waals surface area (Å²) in [5, 5.41) is 5.40. The number of hydrogen-bond acceptors (Lipinski definition) is 3. The first-order valence-electron chi connectivity index (χ1n) is 7.80. The number of nitrogens with zero attached hydrogens (tertiary/aromatic N) is 3. The highest BCUT2D eigenvalue weighted by Gasteiger charge is 2.11. The van der Waals surface area contributed by atoms with Crippen LogP contribution in [0.5, 0.6) is 0 Å². The van der Waals surface area contributed by atoms with Crippen LogP contribution < -0.4 is 5.56 Å². The zero-order valence-electron chi connectivity index (χ0n) is 14.1. The average molecular weight is 343 g/mol. The van der Waals surface area contributed by atoms with Crippen LogP contribution in [0.3, 0.4) is 0 Å². The SMILES string of the molecule is Cc1nn(C(C)C)cc1/C=C(\Cl)c1nc2c(C)cccc2c(=O)[nH]1. The predicted molar refractivity (Wildman–Crippen MR) is 98.2 cm³/mol. The Balaban J connectivity index is 2.10. The Morgan fingerprint density at radius 3 is 2.75 bits per heavy atom. The van der Waals surface area contributed by atoms with E-state index in [0.29, 0.717) is 21.8 Å². The van der Waals surface area contributed by atoms with E-state index in [9.17, 15) is 4.79 Å². The van der Waals surface area contributed by atoms with Crippen LogP contribution in [0, 0.1) is 13.8 Å². The van der Waals surface area contributed by atoms with Gasteiger partial charge in [-0.25, -0.2) is 4.98 Å². The van der Waals surface area contributed by atoms with Crippen LogP contribution in [0.1, 0.15) is 42.5 Å². The number of aromatic amines is 1. The van der Waals surface area contributed by atoms with Crippen LogP contribution in [0.4, 0.5) is 0 Å². The normalized spacial score (nSPS) is 12.3. The molecule has 0 bridgehead atoms. The first-order valence-corrected chi connectivity index (χ1v) is 8.17. The molecule has 0 saturated carbocycles. The molecule has 0 atom stereocenters. The summed E-state index contributed by atoms with van der Waals surface area (Å²) in [5.74, 6) is 0.361. The predicted octanol–water partition coefficient (Wildman–Crippen LogP) is 4.05. The summed E-state index contributed by atoms with van der Waals surface area (Å²) < 4.78 is 1.88. The molecular weight excluding hydrogens is 324 g/mol.